The summed E-state index contributed by atoms with van der Waals surface area (Å²) in [6.45, 7) is 3.43. The van der Waals surface area contributed by atoms with Gasteiger partial charge in [0.15, 0.2) is 0 Å². The van der Waals surface area contributed by atoms with Gasteiger partial charge in [0.25, 0.3) is 0 Å². The molecule has 0 amide bonds. The largest absolute Gasteiger partial charge is 0.507 e. The van der Waals surface area contributed by atoms with Gasteiger partial charge >= 0.3 is 5.97 Å². The summed E-state index contributed by atoms with van der Waals surface area (Å²) in [6, 6.07) is 6.11. The van der Waals surface area contributed by atoms with Gasteiger partial charge in [0.1, 0.15) is 23.2 Å². The van der Waals surface area contributed by atoms with E-state index in [1.54, 1.807) is 12.1 Å². The lowest BCUT2D eigenvalue weighted by molar-refractivity contribution is -0.123. The van der Waals surface area contributed by atoms with Gasteiger partial charge in [0.05, 0.1) is 18.3 Å². The third kappa shape index (κ3) is 5.83. The molecule has 138 valence electrons. The van der Waals surface area contributed by atoms with Gasteiger partial charge in [-0.05, 0) is 38.3 Å². The number of aliphatic hydroxyl groups excluding tert-OH is 1. The van der Waals surface area contributed by atoms with Gasteiger partial charge in [0.2, 0.25) is 0 Å². The molecule has 1 aromatic rings. The lowest BCUT2D eigenvalue weighted by Crippen LogP contribution is -2.38. The van der Waals surface area contributed by atoms with Crippen LogP contribution in [0.25, 0.3) is 0 Å². The van der Waals surface area contributed by atoms with E-state index in [0.29, 0.717) is 19.3 Å². The SMILES string of the molecule is CCC1CC(O)C[C@H](CC(CC(C)=O)OC(=O)c2ccccc2O)O1. The molecule has 1 fully saturated rings. The molecule has 2 N–H and O–H groups in total. The highest BCUT2D eigenvalue weighted by molar-refractivity contribution is 5.92. The number of aromatic hydroxyl groups is 1. The number of esters is 1. The van der Waals surface area contributed by atoms with Crippen molar-refractivity contribution in [2.75, 3.05) is 0 Å². The van der Waals surface area contributed by atoms with Crippen molar-refractivity contribution in [1.82, 2.24) is 0 Å². The Morgan fingerprint density at radius 2 is 1.96 bits per heavy atom. The molecule has 1 heterocycles. The first-order valence-corrected chi connectivity index (χ1v) is 8.71. The third-order valence-electron chi connectivity index (χ3n) is 4.35. The second-order valence-corrected chi connectivity index (χ2v) is 6.60. The fourth-order valence-electron chi connectivity index (χ4n) is 3.15. The van der Waals surface area contributed by atoms with Crippen LogP contribution in [-0.4, -0.2) is 46.4 Å². The molecule has 2 rings (SSSR count). The molecule has 1 saturated heterocycles. The average molecular weight is 350 g/mol. The maximum Gasteiger partial charge on any atom is 0.342 e. The average Bonchev–Trinajstić information content (AvgIpc) is 2.53. The van der Waals surface area contributed by atoms with E-state index in [1.165, 1.54) is 19.1 Å². The molecule has 3 unspecified atom stereocenters. The van der Waals surface area contributed by atoms with E-state index >= 15 is 0 Å². The number of carbonyl (C=O) groups is 2. The summed E-state index contributed by atoms with van der Waals surface area (Å²) >= 11 is 0. The minimum atomic E-state index is -0.673. The highest BCUT2D eigenvalue weighted by Gasteiger charge is 2.31. The molecule has 0 saturated carbocycles. The molecule has 1 aliphatic heterocycles. The fraction of sp³-hybridized carbons (Fsp3) is 0.579. The number of hydrogen-bond donors (Lipinski definition) is 2. The van der Waals surface area contributed by atoms with Crippen LogP contribution >= 0.6 is 0 Å². The second-order valence-electron chi connectivity index (χ2n) is 6.60. The smallest absolute Gasteiger partial charge is 0.342 e. The Bertz CT molecular complexity index is 599. The van der Waals surface area contributed by atoms with Crippen LogP contribution < -0.4 is 0 Å². The molecule has 25 heavy (non-hydrogen) atoms. The van der Waals surface area contributed by atoms with Crippen LogP contribution in [0.15, 0.2) is 24.3 Å². The summed E-state index contributed by atoms with van der Waals surface area (Å²) in [5.41, 5.74) is 0.0621. The number of Topliss-reactive ketones (excluding diaryl/α,β-unsaturated/α-hetero) is 1. The number of carbonyl (C=O) groups excluding carboxylic acids is 2. The van der Waals surface area contributed by atoms with E-state index in [2.05, 4.69) is 0 Å². The van der Waals surface area contributed by atoms with E-state index in [4.69, 9.17) is 9.47 Å². The van der Waals surface area contributed by atoms with E-state index in [1.807, 2.05) is 6.92 Å². The van der Waals surface area contributed by atoms with Crippen LogP contribution in [0, 0.1) is 0 Å². The number of hydrogen-bond acceptors (Lipinski definition) is 6. The number of phenolic OH excluding ortho intramolecular Hbond substituents is 1. The van der Waals surface area contributed by atoms with Gasteiger partial charge in [-0.25, -0.2) is 4.79 Å². The van der Waals surface area contributed by atoms with Crippen molar-refractivity contribution in [3.8, 4) is 5.75 Å². The van der Waals surface area contributed by atoms with E-state index in [9.17, 15) is 19.8 Å². The monoisotopic (exact) mass is 350 g/mol. The van der Waals surface area contributed by atoms with Crippen molar-refractivity contribution in [1.29, 1.82) is 0 Å². The number of rotatable bonds is 7. The molecule has 0 radical (unpaired) electrons. The molecule has 1 aliphatic rings. The van der Waals surface area contributed by atoms with Gasteiger partial charge in [-0.2, -0.15) is 0 Å². The summed E-state index contributed by atoms with van der Waals surface area (Å²) in [5, 5.41) is 19.8. The number of ketones is 1. The van der Waals surface area contributed by atoms with Crippen LogP contribution in [0.3, 0.4) is 0 Å². The standard InChI is InChI=1S/C19H26O6/c1-3-14-9-13(21)10-16(24-14)11-15(8-12(2)20)25-19(23)17-6-4-5-7-18(17)22/h4-7,13-16,21-22H,3,8-11H2,1-2H3/t13?,14?,15?,16-/m1/s1. The number of benzene rings is 1. The Morgan fingerprint density at radius 1 is 1.28 bits per heavy atom. The van der Waals surface area contributed by atoms with Crippen molar-refractivity contribution in [2.45, 2.75) is 70.4 Å². The lowest BCUT2D eigenvalue weighted by Gasteiger charge is -2.34. The minimum absolute atomic E-state index is 0.0272. The fourth-order valence-corrected chi connectivity index (χ4v) is 3.15. The molecular formula is C19H26O6. The van der Waals surface area contributed by atoms with Gasteiger partial charge in [-0.1, -0.05) is 19.1 Å². The Morgan fingerprint density at radius 3 is 2.60 bits per heavy atom. The molecule has 0 bridgehead atoms. The van der Waals surface area contributed by atoms with Crippen molar-refractivity contribution in [3.63, 3.8) is 0 Å². The predicted molar refractivity (Wildman–Crippen MR) is 91.4 cm³/mol. The molecule has 1 aromatic carbocycles. The zero-order valence-corrected chi connectivity index (χ0v) is 14.7. The Labute approximate surface area is 147 Å². The van der Waals surface area contributed by atoms with Gasteiger partial charge in [-0.3, -0.25) is 4.79 Å². The van der Waals surface area contributed by atoms with Crippen molar-refractivity contribution in [2.24, 2.45) is 0 Å². The molecule has 0 aliphatic carbocycles. The Balaban J connectivity index is 2.04. The van der Waals surface area contributed by atoms with Crippen LogP contribution in [0.4, 0.5) is 0 Å². The summed E-state index contributed by atoms with van der Waals surface area (Å²) in [6.07, 6.45) is 0.867. The summed E-state index contributed by atoms with van der Waals surface area (Å²) in [7, 11) is 0. The highest BCUT2D eigenvalue weighted by atomic mass is 16.5. The molecule has 6 heteroatoms. The van der Waals surface area contributed by atoms with E-state index < -0.39 is 18.2 Å². The maximum absolute atomic E-state index is 12.3. The number of aliphatic hydroxyl groups is 1. The second kappa shape index (κ2) is 8.97. The van der Waals surface area contributed by atoms with Crippen LogP contribution in [0.5, 0.6) is 5.75 Å². The predicted octanol–water partition coefficient (Wildman–Crippen LogP) is 2.61. The van der Waals surface area contributed by atoms with Gasteiger partial charge < -0.3 is 19.7 Å². The molecule has 0 aromatic heterocycles. The van der Waals surface area contributed by atoms with Crippen molar-refractivity contribution >= 4 is 11.8 Å². The highest BCUT2D eigenvalue weighted by Crippen LogP contribution is 2.27. The van der Waals surface area contributed by atoms with E-state index in [-0.39, 0.29) is 35.7 Å². The minimum Gasteiger partial charge on any atom is -0.507 e. The Kier molecular flexibility index (Phi) is 6.96. The first kappa shape index (κ1) is 19.4. The molecule has 4 atom stereocenters. The molecular weight excluding hydrogens is 324 g/mol. The summed E-state index contributed by atoms with van der Waals surface area (Å²) < 4.78 is 11.4. The lowest BCUT2D eigenvalue weighted by atomic mass is 9.95. The topological polar surface area (TPSA) is 93.1 Å². The van der Waals surface area contributed by atoms with Crippen LogP contribution in [0.2, 0.25) is 0 Å². The maximum atomic E-state index is 12.3. The third-order valence-corrected chi connectivity index (χ3v) is 4.35. The molecule has 0 spiro atoms. The number of ether oxygens (including phenoxy) is 2. The van der Waals surface area contributed by atoms with Crippen LogP contribution in [0.1, 0.15) is 56.3 Å². The quantitative estimate of drug-likeness (QED) is 0.734. The first-order valence-electron chi connectivity index (χ1n) is 8.71. The zero-order valence-electron chi connectivity index (χ0n) is 14.7. The van der Waals surface area contributed by atoms with Gasteiger partial charge in [-0.15, -0.1) is 0 Å². The molecule has 6 nitrogen and oxygen atoms in total. The first-order chi connectivity index (χ1) is 11.9. The summed E-state index contributed by atoms with van der Waals surface area (Å²) in [5.74, 6) is -0.935. The normalized spacial score (nSPS) is 24.5. The van der Waals surface area contributed by atoms with Gasteiger partial charge in [0, 0.05) is 12.8 Å². The zero-order chi connectivity index (χ0) is 18.4. The van der Waals surface area contributed by atoms with Crippen molar-refractivity contribution < 1.29 is 29.3 Å². The Hall–Kier alpha value is -1.92. The van der Waals surface area contributed by atoms with Crippen LogP contribution in [-0.2, 0) is 14.3 Å². The van der Waals surface area contributed by atoms with E-state index in [0.717, 1.165) is 6.42 Å². The van der Waals surface area contributed by atoms with Crippen molar-refractivity contribution in [3.05, 3.63) is 29.8 Å². The number of para-hydroxylation sites is 1. The number of phenols is 1. The summed E-state index contributed by atoms with van der Waals surface area (Å²) in [4.78, 5) is 23.8.